The summed E-state index contributed by atoms with van der Waals surface area (Å²) in [6.07, 6.45) is 1.95. The molecule has 0 saturated heterocycles. The van der Waals surface area contributed by atoms with Crippen LogP contribution < -0.4 is 4.87 Å². The van der Waals surface area contributed by atoms with Crippen LogP contribution in [0, 0.1) is 6.92 Å². The van der Waals surface area contributed by atoms with Crippen molar-refractivity contribution < 1.29 is 0 Å². The van der Waals surface area contributed by atoms with Crippen molar-refractivity contribution in [3.63, 3.8) is 0 Å². The largest absolute Gasteiger partial charge is 0.325 e. The fourth-order valence-corrected chi connectivity index (χ4v) is 1.72. The van der Waals surface area contributed by atoms with Crippen LogP contribution in [-0.2, 0) is 5.88 Å². The van der Waals surface area contributed by atoms with Gasteiger partial charge in [-0.05, 0) is 13.2 Å². The van der Waals surface area contributed by atoms with Gasteiger partial charge in [0.2, 0.25) is 0 Å². The Balaban J connectivity index is 2.92. The number of thioether (sulfide) groups is 1. The average molecular weight is 176 g/mol. The third-order valence-corrected chi connectivity index (χ3v) is 2.22. The molecule has 0 spiro atoms. The van der Waals surface area contributed by atoms with Crippen molar-refractivity contribution in [1.82, 2.24) is 9.78 Å². The van der Waals surface area contributed by atoms with E-state index in [1.807, 2.05) is 13.2 Å². The molecule has 0 aliphatic heterocycles. The normalized spacial score (nSPS) is 10.2. The minimum absolute atomic E-state index is 0.0341. The van der Waals surface area contributed by atoms with Gasteiger partial charge in [0, 0.05) is 0 Å². The molecule has 0 aromatic carbocycles. The van der Waals surface area contributed by atoms with Gasteiger partial charge in [-0.2, -0.15) is 5.10 Å². The fraction of sp³-hybridized carbons (Fsp3) is 0.600. The third-order valence-electron chi connectivity index (χ3n) is 0.959. The van der Waals surface area contributed by atoms with E-state index in [1.165, 1.54) is 16.0 Å². The zero-order valence-electron chi connectivity index (χ0n) is 5.83. The third kappa shape index (κ3) is 1.60. The zero-order chi connectivity index (χ0) is 7.56. The van der Waals surface area contributed by atoms with Crippen LogP contribution >= 0.6 is 23.1 Å². The van der Waals surface area contributed by atoms with E-state index in [0.717, 1.165) is 5.01 Å². The first-order valence-corrected chi connectivity index (χ1v) is 4.98. The Labute approximate surface area is 67.1 Å². The lowest BCUT2D eigenvalue weighted by molar-refractivity contribution is 0.718. The summed E-state index contributed by atoms with van der Waals surface area (Å²) in [6, 6.07) is 0. The number of hydrogen-bond donors (Lipinski definition) is 0. The minimum atomic E-state index is 0.0341. The van der Waals surface area contributed by atoms with Gasteiger partial charge in [0.15, 0.2) is 0 Å². The maximum Gasteiger partial charge on any atom is 0.325 e. The predicted molar refractivity (Wildman–Crippen MR) is 44.6 cm³/mol. The van der Waals surface area contributed by atoms with Gasteiger partial charge in [-0.15, -0.1) is 11.8 Å². The zero-order valence-corrected chi connectivity index (χ0v) is 7.46. The van der Waals surface area contributed by atoms with Crippen molar-refractivity contribution in [2.45, 2.75) is 12.8 Å². The molecule has 56 valence electrons. The van der Waals surface area contributed by atoms with Crippen LogP contribution in [0.3, 0.4) is 0 Å². The van der Waals surface area contributed by atoms with Crippen molar-refractivity contribution in [3.8, 4) is 0 Å². The van der Waals surface area contributed by atoms with Crippen molar-refractivity contribution in [2.24, 2.45) is 0 Å². The molecule has 0 fully saturated rings. The summed E-state index contributed by atoms with van der Waals surface area (Å²) >= 11 is 2.78. The van der Waals surface area contributed by atoms with E-state index in [4.69, 9.17) is 0 Å². The maximum atomic E-state index is 10.9. The standard InChI is InChI=1S/C5H8N2OS2/c1-4-6-7(3-9-2)5(8)10-4/h3H2,1-2H3. The molecule has 0 radical (unpaired) electrons. The highest BCUT2D eigenvalue weighted by molar-refractivity contribution is 7.97. The Morgan fingerprint density at radius 3 is 2.90 bits per heavy atom. The van der Waals surface area contributed by atoms with Crippen molar-refractivity contribution in [2.75, 3.05) is 6.26 Å². The summed E-state index contributed by atoms with van der Waals surface area (Å²) in [4.78, 5) is 11.0. The molecule has 0 aliphatic rings. The highest BCUT2D eigenvalue weighted by Gasteiger charge is 1.99. The smallest absolute Gasteiger partial charge is 0.255 e. The quantitative estimate of drug-likeness (QED) is 0.672. The van der Waals surface area contributed by atoms with Crippen molar-refractivity contribution >= 4 is 23.1 Å². The van der Waals surface area contributed by atoms with E-state index >= 15 is 0 Å². The Kier molecular flexibility index (Phi) is 2.50. The highest BCUT2D eigenvalue weighted by atomic mass is 32.2. The predicted octanol–water partition coefficient (Wildman–Crippen LogP) is 0.934. The second-order valence-corrected chi connectivity index (χ2v) is 3.78. The second-order valence-electron chi connectivity index (χ2n) is 1.80. The number of aryl methyl sites for hydroxylation is 1. The van der Waals surface area contributed by atoms with Crippen LogP contribution in [0.4, 0.5) is 0 Å². The SMILES string of the molecule is CSCn1nc(C)sc1=O. The lowest BCUT2D eigenvalue weighted by Gasteiger charge is -1.91. The van der Waals surface area contributed by atoms with Crippen LogP contribution in [0.2, 0.25) is 0 Å². The summed E-state index contributed by atoms with van der Waals surface area (Å²) < 4.78 is 1.48. The molecule has 0 N–H and O–H groups in total. The van der Waals surface area contributed by atoms with Crippen LogP contribution in [-0.4, -0.2) is 16.0 Å². The Hall–Kier alpha value is -0.290. The Morgan fingerprint density at radius 1 is 1.80 bits per heavy atom. The molecule has 5 heteroatoms. The summed E-state index contributed by atoms with van der Waals surface area (Å²) in [5.74, 6) is 0.656. The lowest BCUT2D eigenvalue weighted by atomic mass is 10.9. The molecule has 0 atom stereocenters. The molecule has 1 rings (SSSR count). The van der Waals surface area contributed by atoms with Gasteiger partial charge in [-0.25, -0.2) is 4.68 Å². The Morgan fingerprint density at radius 2 is 2.50 bits per heavy atom. The van der Waals surface area contributed by atoms with Gasteiger partial charge in [-0.1, -0.05) is 11.3 Å². The first kappa shape index (κ1) is 7.81. The molecular weight excluding hydrogens is 168 g/mol. The fourth-order valence-electron chi connectivity index (χ4n) is 0.614. The van der Waals surface area contributed by atoms with Gasteiger partial charge >= 0.3 is 4.87 Å². The van der Waals surface area contributed by atoms with Crippen LogP contribution in [0.25, 0.3) is 0 Å². The topological polar surface area (TPSA) is 34.9 Å². The molecule has 10 heavy (non-hydrogen) atoms. The molecule has 1 aromatic rings. The van der Waals surface area contributed by atoms with E-state index in [0.29, 0.717) is 5.88 Å². The van der Waals surface area contributed by atoms with Crippen LogP contribution in [0.1, 0.15) is 5.01 Å². The summed E-state index contributed by atoms with van der Waals surface area (Å²) in [5.41, 5.74) is 0. The van der Waals surface area contributed by atoms with Gasteiger partial charge in [-0.3, -0.25) is 4.79 Å². The minimum Gasteiger partial charge on any atom is -0.255 e. The van der Waals surface area contributed by atoms with Crippen molar-refractivity contribution in [3.05, 3.63) is 14.7 Å². The van der Waals surface area contributed by atoms with E-state index in [2.05, 4.69) is 5.10 Å². The van der Waals surface area contributed by atoms with E-state index in [1.54, 1.807) is 11.8 Å². The van der Waals surface area contributed by atoms with E-state index < -0.39 is 0 Å². The molecule has 1 aromatic heterocycles. The number of aromatic nitrogens is 2. The molecular formula is C5H8N2OS2. The molecule has 1 heterocycles. The number of nitrogens with zero attached hydrogens (tertiary/aromatic N) is 2. The first-order chi connectivity index (χ1) is 4.74. The molecule has 0 aliphatic carbocycles. The van der Waals surface area contributed by atoms with Gasteiger partial charge in [0.05, 0.1) is 5.88 Å². The van der Waals surface area contributed by atoms with Crippen molar-refractivity contribution in [1.29, 1.82) is 0 Å². The van der Waals surface area contributed by atoms with Crippen LogP contribution in [0.5, 0.6) is 0 Å². The van der Waals surface area contributed by atoms with Gasteiger partial charge in [0.25, 0.3) is 0 Å². The number of rotatable bonds is 2. The molecule has 0 bridgehead atoms. The molecule has 3 nitrogen and oxygen atoms in total. The summed E-state index contributed by atoms with van der Waals surface area (Å²) in [5, 5.41) is 4.83. The molecule has 0 unspecified atom stereocenters. The van der Waals surface area contributed by atoms with E-state index in [9.17, 15) is 4.79 Å². The number of hydrogen-bond acceptors (Lipinski definition) is 4. The Bertz CT molecular complexity index is 265. The maximum absolute atomic E-state index is 10.9. The van der Waals surface area contributed by atoms with Gasteiger partial charge in [0.1, 0.15) is 5.01 Å². The lowest BCUT2D eigenvalue weighted by Crippen LogP contribution is -2.12. The molecule has 0 saturated carbocycles. The highest BCUT2D eigenvalue weighted by Crippen LogP contribution is 1.99. The monoisotopic (exact) mass is 176 g/mol. The second kappa shape index (κ2) is 3.21. The summed E-state index contributed by atoms with van der Waals surface area (Å²) in [7, 11) is 0. The van der Waals surface area contributed by atoms with E-state index in [-0.39, 0.29) is 4.87 Å². The summed E-state index contributed by atoms with van der Waals surface area (Å²) in [6.45, 7) is 1.84. The molecule has 0 amide bonds. The van der Waals surface area contributed by atoms with Crippen LogP contribution in [0.15, 0.2) is 4.79 Å². The van der Waals surface area contributed by atoms with Gasteiger partial charge < -0.3 is 0 Å². The first-order valence-electron chi connectivity index (χ1n) is 2.77. The average Bonchev–Trinajstić information content (AvgIpc) is 2.13.